The number of hydrogen-bond acceptors (Lipinski definition) is 1. The summed E-state index contributed by atoms with van der Waals surface area (Å²) in [5.41, 5.74) is 35.1. The van der Waals surface area contributed by atoms with E-state index in [9.17, 15) is 0 Å². The molecule has 0 spiro atoms. The van der Waals surface area contributed by atoms with Crippen molar-refractivity contribution in [3.63, 3.8) is 0 Å². The van der Waals surface area contributed by atoms with E-state index in [0.717, 1.165) is 25.7 Å². The average Bonchev–Trinajstić information content (AvgIpc) is 4.23. The van der Waals surface area contributed by atoms with Gasteiger partial charge in [-0.2, -0.15) is 0 Å². The molecular formula is C75H80BN. The highest BCUT2D eigenvalue weighted by Gasteiger charge is 2.43. The molecule has 0 saturated heterocycles. The minimum atomic E-state index is 0.0187. The number of anilines is 3. The van der Waals surface area contributed by atoms with Crippen molar-refractivity contribution in [2.45, 2.75) is 174 Å². The van der Waals surface area contributed by atoms with Crippen molar-refractivity contribution in [2.75, 3.05) is 4.90 Å². The van der Waals surface area contributed by atoms with Crippen molar-refractivity contribution < 1.29 is 0 Å². The van der Waals surface area contributed by atoms with Crippen LogP contribution in [0.1, 0.15) is 183 Å². The zero-order valence-corrected chi connectivity index (χ0v) is 48.9. The number of benzene rings is 8. The molecule has 0 bridgehead atoms. The predicted molar refractivity (Wildman–Crippen MR) is 333 cm³/mol. The maximum absolute atomic E-state index is 2.75. The van der Waals surface area contributed by atoms with Crippen LogP contribution in [0.4, 0.5) is 17.1 Å². The Morgan fingerprint density at radius 2 is 0.870 bits per heavy atom. The van der Waals surface area contributed by atoms with Crippen molar-refractivity contribution in [1.82, 2.24) is 0 Å². The van der Waals surface area contributed by atoms with Gasteiger partial charge < -0.3 is 4.90 Å². The number of aryl methyl sites for hydroxylation is 1. The number of rotatable bonds is 6. The molecule has 0 unspecified atom stereocenters. The Morgan fingerprint density at radius 3 is 1.55 bits per heavy atom. The summed E-state index contributed by atoms with van der Waals surface area (Å²) in [5, 5.41) is 0. The third-order valence-electron chi connectivity index (χ3n) is 20.6. The fourth-order valence-electron chi connectivity index (χ4n) is 15.3. The minimum Gasteiger partial charge on any atom is -0.310 e. The molecule has 2 heteroatoms. The standard InChI is InChI=1S/C75H80BN/c1-45-36-59-63(75(12,13)35-32-71(59,4)5)44-65(45)77(66-41-47(27-29-64(66)76)46-20-15-14-16-21-46)67-43-56-51-23-18-17-22-48(51)37-57(56)69(68(67)49-26-28-58-60(39-49)72(6,7)31-30-70(58,2)3)53-25-19-24-52-54-42-62-61(40-50(54)38-55(52)53)73(8,9)33-34-74(62,10)11/h14-29,36,39-44H,30-35,37-38,76H2,1-13H3. The summed E-state index contributed by atoms with van der Waals surface area (Å²) in [6.45, 7) is 32.2. The second-order valence-electron chi connectivity index (χ2n) is 28.5. The third-order valence-corrected chi connectivity index (χ3v) is 20.6. The molecule has 0 radical (unpaired) electrons. The van der Waals surface area contributed by atoms with Gasteiger partial charge in [-0.25, -0.2) is 0 Å². The lowest BCUT2D eigenvalue weighted by Crippen LogP contribution is -2.34. The van der Waals surface area contributed by atoms with Crippen molar-refractivity contribution in [2.24, 2.45) is 0 Å². The first-order chi connectivity index (χ1) is 36.4. The third kappa shape index (κ3) is 7.83. The Hall–Kier alpha value is -6.38. The van der Waals surface area contributed by atoms with Crippen LogP contribution < -0.4 is 10.4 Å². The van der Waals surface area contributed by atoms with Gasteiger partial charge in [0.1, 0.15) is 7.85 Å². The number of hydrogen-bond donors (Lipinski definition) is 0. The number of fused-ring (bicyclic) bond motifs is 9. The summed E-state index contributed by atoms with van der Waals surface area (Å²) >= 11 is 0. The molecule has 5 aliphatic carbocycles. The van der Waals surface area contributed by atoms with Crippen molar-refractivity contribution >= 4 is 30.4 Å². The van der Waals surface area contributed by atoms with Gasteiger partial charge in [0.2, 0.25) is 0 Å². The van der Waals surface area contributed by atoms with Crippen LogP contribution >= 0.6 is 0 Å². The summed E-state index contributed by atoms with van der Waals surface area (Å²) in [7, 11) is 2.34. The zero-order chi connectivity index (χ0) is 53.9. The first kappa shape index (κ1) is 50.1. The van der Waals surface area contributed by atoms with E-state index in [-0.39, 0.29) is 32.5 Å². The maximum atomic E-state index is 2.75. The Labute approximate surface area is 463 Å². The van der Waals surface area contributed by atoms with Gasteiger partial charge in [-0.05, 0) is 220 Å². The second kappa shape index (κ2) is 17.1. The second-order valence-corrected chi connectivity index (χ2v) is 28.5. The normalized spacial score (nSPS) is 19.0. The van der Waals surface area contributed by atoms with Crippen molar-refractivity contribution in [3.05, 3.63) is 201 Å². The van der Waals surface area contributed by atoms with Crippen LogP contribution in [0.15, 0.2) is 140 Å². The molecular weight excluding hydrogens is 926 g/mol. The molecule has 0 N–H and O–H groups in total. The van der Waals surface area contributed by atoms with E-state index < -0.39 is 0 Å². The first-order valence-electron chi connectivity index (χ1n) is 29.3. The van der Waals surface area contributed by atoms with Gasteiger partial charge in [0.15, 0.2) is 0 Å². The fraction of sp³-hybridized carbons (Fsp3) is 0.360. The van der Waals surface area contributed by atoms with Gasteiger partial charge in [0.25, 0.3) is 0 Å². The Balaban J connectivity index is 1.18. The fourth-order valence-corrected chi connectivity index (χ4v) is 15.3. The van der Waals surface area contributed by atoms with Crippen LogP contribution in [0.25, 0.3) is 55.6 Å². The lowest BCUT2D eigenvalue weighted by atomic mass is 9.62. The van der Waals surface area contributed by atoms with Crippen LogP contribution in [0.3, 0.4) is 0 Å². The topological polar surface area (TPSA) is 3.24 Å². The van der Waals surface area contributed by atoms with Gasteiger partial charge >= 0.3 is 0 Å². The summed E-state index contributed by atoms with van der Waals surface area (Å²) in [5.74, 6) is 0. The molecule has 13 rings (SSSR count). The molecule has 0 aromatic heterocycles. The molecule has 0 heterocycles. The summed E-state index contributed by atoms with van der Waals surface area (Å²) < 4.78 is 0. The van der Waals surface area contributed by atoms with Crippen LogP contribution in [0, 0.1) is 6.92 Å². The van der Waals surface area contributed by atoms with Crippen molar-refractivity contribution in [3.8, 4) is 55.6 Å². The molecule has 0 saturated carbocycles. The van der Waals surface area contributed by atoms with Crippen LogP contribution in [-0.2, 0) is 45.3 Å². The maximum Gasteiger partial charge on any atom is 0.142 e. The molecule has 388 valence electrons. The highest BCUT2D eigenvalue weighted by Crippen LogP contribution is 2.59. The van der Waals surface area contributed by atoms with E-state index in [2.05, 4.69) is 242 Å². The largest absolute Gasteiger partial charge is 0.310 e. The van der Waals surface area contributed by atoms with Gasteiger partial charge in [-0.1, -0.05) is 210 Å². The monoisotopic (exact) mass is 1010 g/mol. The average molecular weight is 1010 g/mol. The first-order valence-corrected chi connectivity index (χ1v) is 29.3. The molecule has 8 aromatic rings. The summed E-state index contributed by atoms with van der Waals surface area (Å²) in [4.78, 5) is 2.75. The highest BCUT2D eigenvalue weighted by atomic mass is 15.2. The lowest BCUT2D eigenvalue weighted by Gasteiger charge is -2.43. The SMILES string of the molecule is Bc1ccc(-c2ccccc2)cc1N(c1cc2c(cc1C)C(C)(C)CCC2(C)C)c1cc2c(c(-c3cccc4c3Cc3cc5c(cc3-4)C(C)(C)CCC5(C)C)c1-c1ccc3c(c1)C(C)(C)CCC3(C)C)Cc1ccccc1-2. The van der Waals surface area contributed by atoms with E-state index in [0.29, 0.717) is 0 Å². The van der Waals surface area contributed by atoms with E-state index in [4.69, 9.17) is 0 Å². The Kier molecular flexibility index (Phi) is 11.1. The van der Waals surface area contributed by atoms with Crippen molar-refractivity contribution in [1.29, 1.82) is 0 Å². The van der Waals surface area contributed by atoms with Gasteiger partial charge in [-0.15, -0.1) is 0 Å². The highest BCUT2D eigenvalue weighted by molar-refractivity contribution is 6.36. The summed E-state index contributed by atoms with van der Waals surface area (Å²) in [6.07, 6.45) is 8.93. The molecule has 0 fully saturated rings. The van der Waals surface area contributed by atoms with E-state index in [1.807, 2.05) is 0 Å². The van der Waals surface area contributed by atoms with Gasteiger partial charge in [0, 0.05) is 16.9 Å². The van der Waals surface area contributed by atoms with E-state index in [1.54, 1.807) is 11.1 Å². The number of nitrogens with zero attached hydrogens (tertiary/aromatic N) is 1. The molecule has 5 aliphatic rings. The van der Waals surface area contributed by atoms with E-state index in [1.165, 1.54) is 154 Å². The Bertz CT molecular complexity index is 3780. The lowest BCUT2D eigenvalue weighted by molar-refractivity contribution is 0.332. The summed E-state index contributed by atoms with van der Waals surface area (Å²) in [6, 6.07) is 55.8. The minimum absolute atomic E-state index is 0.0187. The van der Waals surface area contributed by atoms with Gasteiger partial charge in [0.05, 0.1) is 5.69 Å². The quantitative estimate of drug-likeness (QED) is 0.150. The predicted octanol–water partition coefficient (Wildman–Crippen LogP) is 18.9. The van der Waals surface area contributed by atoms with Crippen LogP contribution in [0.2, 0.25) is 0 Å². The smallest absolute Gasteiger partial charge is 0.142 e. The Morgan fingerprint density at radius 1 is 0.338 bits per heavy atom. The molecule has 1 nitrogen and oxygen atoms in total. The van der Waals surface area contributed by atoms with Gasteiger partial charge in [-0.3, -0.25) is 0 Å². The molecule has 77 heavy (non-hydrogen) atoms. The molecule has 0 atom stereocenters. The van der Waals surface area contributed by atoms with E-state index >= 15 is 0 Å². The molecule has 0 amide bonds. The molecule has 8 aromatic carbocycles. The molecule has 0 aliphatic heterocycles. The zero-order valence-electron chi connectivity index (χ0n) is 48.9. The van der Waals surface area contributed by atoms with Crippen LogP contribution in [-0.4, -0.2) is 7.85 Å². The van der Waals surface area contributed by atoms with Crippen LogP contribution in [0.5, 0.6) is 0 Å².